The van der Waals surface area contributed by atoms with Gasteiger partial charge in [-0.25, -0.2) is 0 Å². The molecule has 2 fully saturated rings. The summed E-state index contributed by atoms with van der Waals surface area (Å²) in [7, 11) is 0. The Morgan fingerprint density at radius 3 is 2.60 bits per heavy atom. The van der Waals surface area contributed by atoms with Crippen LogP contribution in [0.2, 0.25) is 0 Å². The van der Waals surface area contributed by atoms with Crippen LogP contribution in [-0.2, 0) is 0 Å². The van der Waals surface area contributed by atoms with E-state index in [4.69, 9.17) is 0 Å². The van der Waals surface area contributed by atoms with Crippen LogP contribution < -0.4 is 0 Å². The van der Waals surface area contributed by atoms with Gasteiger partial charge in [-0.15, -0.1) is 0 Å². The molecule has 0 heteroatoms. The number of fused-ring (bicyclic) bond motifs is 1. The van der Waals surface area contributed by atoms with Gasteiger partial charge in [0, 0.05) is 0 Å². The predicted octanol–water partition coefficient (Wildman–Crippen LogP) is 4.34. The van der Waals surface area contributed by atoms with Crippen LogP contribution >= 0.6 is 0 Å². The molecule has 3 aliphatic rings. The lowest BCUT2D eigenvalue weighted by atomic mass is 9.45. The largest absolute Gasteiger partial charge is 0.0799 e. The molecule has 2 saturated carbocycles. The molecule has 0 aromatic heterocycles. The van der Waals surface area contributed by atoms with Crippen molar-refractivity contribution in [1.82, 2.24) is 0 Å². The first-order chi connectivity index (χ1) is 7.06. The molecular formula is C15H22. The Morgan fingerprint density at radius 2 is 2.07 bits per heavy atom. The molecule has 4 unspecified atom stereocenters. The molecule has 0 aromatic carbocycles. The van der Waals surface area contributed by atoms with Crippen LogP contribution in [0.5, 0.6) is 0 Å². The summed E-state index contributed by atoms with van der Waals surface area (Å²) < 4.78 is 0. The maximum absolute atomic E-state index is 2.57. The normalized spacial score (nSPS) is 55.0. The van der Waals surface area contributed by atoms with Crippen molar-refractivity contribution < 1.29 is 0 Å². The Bertz CT molecular complexity index is 349. The van der Waals surface area contributed by atoms with Gasteiger partial charge in [0.05, 0.1) is 0 Å². The predicted molar refractivity (Wildman–Crippen MR) is 64.6 cm³/mol. The van der Waals surface area contributed by atoms with Crippen LogP contribution in [-0.4, -0.2) is 0 Å². The van der Waals surface area contributed by atoms with Gasteiger partial charge in [-0.3, -0.25) is 0 Å². The van der Waals surface area contributed by atoms with Crippen LogP contribution in [0.1, 0.15) is 46.5 Å². The van der Waals surface area contributed by atoms with Gasteiger partial charge in [0.15, 0.2) is 0 Å². The fraction of sp³-hybridized carbons (Fsp3) is 0.733. The van der Waals surface area contributed by atoms with E-state index in [2.05, 4.69) is 39.0 Å². The Kier molecular flexibility index (Phi) is 1.80. The molecule has 0 spiro atoms. The molecular weight excluding hydrogens is 180 g/mol. The molecule has 4 atom stereocenters. The molecule has 0 amide bonds. The van der Waals surface area contributed by atoms with Gasteiger partial charge in [-0.2, -0.15) is 0 Å². The van der Waals surface area contributed by atoms with Crippen LogP contribution in [0.15, 0.2) is 23.8 Å². The highest BCUT2D eigenvalue weighted by Gasteiger charge is 2.63. The van der Waals surface area contributed by atoms with Crippen molar-refractivity contribution in [2.24, 2.45) is 22.7 Å². The summed E-state index contributed by atoms with van der Waals surface area (Å²) in [4.78, 5) is 0. The summed E-state index contributed by atoms with van der Waals surface area (Å²) >= 11 is 0. The molecule has 0 heterocycles. The maximum Gasteiger partial charge on any atom is -0.00974 e. The monoisotopic (exact) mass is 202 g/mol. The Labute approximate surface area is 93.5 Å². The third kappa shape index (κ3) is 1.03. The third-order valence-corrected chi connectivity index (χ3v) is 6.05. The summed E-state index contributed by atoms with van der Waals surface area (Å²) in [6.45, 7) is 7.51. The standard InChI is InChI=1S/C15H22/c1-11-7-8-14(2)13(10-15(11,14)3)9-12-5-4-6-12/h4-5,9,11,13H,6-8,10H2,1-3H3/b12-9+. The lowest BCUT2D eigenvalue weighted by Gasteiger charge is -2.60. The number of allylic oxidation sites excluding steroid dienone is 4. The molecule has 0 bridgehead atoms. The first-order valence-corrected chi connectivity index (χ1v) is 6.43. The second-order valence-corrected chi connectivity index (χ2v) is 6.43. The van der Waals surface area contributed by atoms with E-state index in [1.54, 1.807) is 5.57 Å². The Balaban J connectivity index is 1.84. The first kappa shape index (κ1) is 9.69. The van der Waals surface area contributed by atoms with Crippen molar-refractivity contribution in [3.05, 3.63) is 23.8 Å². The molecule has 0 radical (unpaired) electrons. The lowest BCUT2D eigenvalue weighted by molar-refractivity contribution is -0.0909. The quantitative estimate of drug-likeness (QED) is 0.593. The summed E-state index contributed by atoms with van der Waals surface area (Å²) in [5, 5.41) is 0. The van der Waals surface area contributed by atoms with Crippen molar-refractivity contribution in [3.63, 3.8) is 0 Å². The minimum Gasteiger partial charge on any atom is -0.0799 e. The SMILES string of the molecule is CC1CCC2(C)C(/C=C3\C=CC3)CC12C. The summed E-state index contributed by atoms with van der Waals surface area (Å²) in [6, 6.07) is 0. The van der Waals surface area contributed by atoms with Crippen molar-refractivity contribution in [3.8, 4) is 0 Å². The van der Waals surface area contributed by atoms with Crippen molar-refractivity contribution in [1.29, 1.82) is 0 Å². The topological polar surface area (TPSA) is 0 Å². The van der Waals surface area contributed by atoms with Crippen LogP contribution in [0.25, 0.3) is 0 Å². The minimum absolute atomic E-state index is 0.614. The Hall–Kier alpha value is -0.520. The molecule has 0 saturated heterocycles. The van der Waals surface area contributed by atoms with Gasteiger partial charge in [-0.1, -0.05) is 39.0 Å². The van der Waals surface area contributed by atoms with Gasteiger partial charge >= 0.3 is 0 Å². The molecule has 0 N–H and O–H groups in total. The molecule has 0 aliphatic heterocycles. The van der Waals surface area contributed by atoms with Crippen molar-refractivity contribution >= 4 is 0 Å². The summed E-state index contributed by atoms with van der Waals surface area (Å²) in [5.41, 5.74) is 2.84. The van der Waals surface area contributed by atoms with Gasteiger partial charge in [0.2, 0.25) is 0 Å². The molecule has 82 valence electrons. The molecule has 0 nitrogen and oxygen atoms in total. The highest BCUT2D eigenvalue weighted by Crippen LogP contribution is 2.71. The average Bonchev–Trinajstić information content (AvgIpc) is 2.30. The average molecular weight is 202 g/mol. The third-order valence-electron chi connectivity index (χ3n) is 6.05. The second kappa shape index (κ2) is 2.78. The molecule has 0 aromatic rings. The fourth-order valence-electron chi connectivity index (χ4n) is 4.16. The highest BCUT2D eigenvalue weighted by molar-refractivity contribution is 5.33. The van der Waals surface area contributed by atoms with Gasteiger partial charge < -0.3 is 0 Å². The smallest absolute Gasteiger partial charge is 0.00974 e. The minimum atomic E-state index is 0.614. The lowest BCUT2D eigenvalue weighted by Crippen LogP contribution is -2.53. The fourth-order valence-corrected chi connectivity index (χ4v) is 4.16. The number of hydrogen-bond acceptors (Lipinski definition) is 0. The van der Waals surface area contributed by atoms with Gasteiger partial charge in [-0.05, 0) is 53.9 Å². The van der Waals surface area contributed by atoms with Crippen LogP contribution in [0, 0.1) is 22.7 Å². The summed E-state index contributed by atoms with van der Waals surface area (Å²) in [5.74, 6) is 1.81. The van der Waals surface area contributed by atoms with Crippen LogP contribution in [0.4, 0.5) is 0 Å². The van der Waals surface area contributed by atoms with E-state index in [0.717, 1.165) is 11.8 Å². The van der Waals surface area contributed by atoms with E-state index < -0.39 is 0 Å². The number of rotatable bonds is 1. The Morgan fingerprint density at radius 1 is 1.33 bits per heavy atom. The molecule has 3 aliphatic carbocycles. The molecule has 15 heavy (non-hydrogen) atoms. The van der Waals surface area contributed by atoms with Gasteiger partial charge in [0.1, 0.15) is 0 Å². The summed E-state index contributed by atoms with van der Waals surface area (Å²) in [6.07, 6.45) is 12.7. The zero-order valence-electron chi connectivity index (χ0n) is 10.2. The molecule has 3 rings (SSSR count). The highest BCUT2D eigenvalue weighted by atomic mass is 14.7. The van der Waals surface area contributed by atoms with Gasteiger partial charge in [0.25, 0.3) is 0 Å². The van der Waals surface area contributed by atoms with E-state index in [0.29, 0.717) is 10.8 Å². The zero-order chi connectivity index (χ0) is 10.7. The van der Waals surface area contributed by atoms with Crippen molar-refractivity contribution in [2.45, 2.75) is 46.5 Å². The van der Waals surface area contributed by atoms with E-state index in [1.165, 1.54) is 25.7 Å². The first-order valence-electron chi connectivity index (χ1n) is 6.43. The van der Waals surface area contributed by atoms with E-state index in [-0.39, 0.29) is 0 Å². The van der Waals surface area contributed by atoms with Crippen molar-refractivity contribution in [2.75, 3.05) is 0 Å². The van der Waals surface area contributed by atoms with E-state index >= 15 is 0 Å². The second-order valence-electron chi connectivity index (χ2n) is 6.43. The maximum atomic E-state index is 2.57. The van der Waals surface area contributed by atoms with Crippen LogP contribution in [0.3, 0.4) is 0 Å². The zero-order valence-corrected chi connectivity index (χ0v) is 10.2. The van der Waals surface area contributed by atoms with E-state index in [9.17, 15) is 0 Å². The van der Waals surface area contributed by atoms with E-state index in [1.807, 2.05) is 0 Å². The number of hydrogen-bond donors (Lipinski definition) is 0.